The molecule has 4 rings (SSSR count). The summed E-state index contributed by atoms with van der Waals surface area (Å²) < 4.78 is 1.68. The first kappa shape index (κ1) is 17.4. The molecule has 0 amide bonds. The van der Waals surface area contributed by atoms with E-state index in [-0.39, 0.29) is 5.56 Å². The van der Waals surface area contributed by atoms with Crippen molar-refractivity contribution < 1.29 is 0 Å². The van der Waals surface area contributed by atoms with Crippen molar-refractivity contribution in [1.29, 1.82) is 0 Å². The van der Waals surface area contributed by atoms with Crippen molar-refractivity contribution in [2.75, 3.05) is 31.1 Å². The summed E-state index contributed by atoms with van der Waals surface area (Å²) in [6.45, 7) is 4.35. The zero-order valence-corrected chi connectivity index (χ0v) is 15.1. The smallest absolute Gasteiger partial charge is 0.250 e. The number of hydrogen-bond acceptors (Lipinski definition) is 6. The molecule has 0 aliphatic carbocycles. The summed E-state index contributed by atoms with van der Waals surface area (Å²) in [7, 11) is 0. The molecule has 0 spiro atoms. The summed E-state index contributed by atoms with van der Waals surface area (Å²) in [5.74, 6) is 1.39. The highest BCUT2D eigenvalue weighted by atomic mass is 16.1. The largest absolute Gasteiger partial charge is 0.339 e. The molecule has 27 heavy (non-hydrogen) atoms. The lowest BCUT2D eigenvalue weighted by Gasteiger charge is -2.19. The van der Waals surface area contributed by atoms with E-state index in [0.717, 1.165) is 49.7 Å². The molecule has 0 bridgehead atoms. The molecule has 3 aromatic rings. The third-order valence-electron chi connectivity index (χ3n) is 4.65. The van der Waals surface area contributed by atoms with Gasteiger partial charge in [0, 0.05) is 37.5 Å². The zero-order chi connectivity index (χ0) is 18.5. The Bertz CT molecular complexity index is 945. The summed E-state index contributed by atoms with van der Waals surface area (Å²) in [5.41, 5.74) is 1.99. The Morgan fingerprint density at radius 1 is 1.00 bits per heavy atom. The summed E-state index contributed by atoms with van der Waals surface area (Å²) in [6, 6.07) is 13.2. The van der Waals surface area contributed by atoms with Gasteiger partial charge < -0.3 is 14.8 Å². The van der Waals surface area contributed by atoms with Crippen molar-refractivity contribution in [1.82, 2.24) is 24.8 Å². The molecule has 1 aliphatic heterocycles. The third kappa shape index (κ3) is 4.20. The summed E-state index contributed by atoms with van der Waals surface area (Å²) >= 11 is 0. The Morgan fingerprint density at radius 2 is 1.89 bits per heavy atom. The van der Waals surface area contributed by atoms with Crippen LogP contribution in [0.5, 0.6) is 0 Å². The van der Waals surface area contributed by atoms with Crippen LogP contribution in [-0.4, -0.2) is 45.7 Å². The number of anilines is 1. The van der Waals surface area contributed by atoms with Gasteiger partial charge in [0.2, 0.25) is 5.95 Å². The maximum absolute atomic E-state index is 11.9. The lowest BCUT2D eigenvalue weighted by molar-refractivity contribution is 0.724. The van der Waals surface area contributed by atoms with Crippen molar-refractivity contribution in [2.45, 2.75) is 13.0 Å². The zero-order valence-electron chi connectivity index (χ0n) is 15.1. The highest BCUT2D eigenvalue weighted by molar-refractivity contribution is 5.56. The van der Waals surface area contributed by atoms with Gasteiger partial charge in [0.1, 0.15) is 6.33 Å². The molecule has 0 unspecified atom stereocenters. The molecule has 2 aromatic heterocycles. The van der Waals surface area contributed by atoms with E-state index in [1.807, 2.05) is 30.3 Å². The minimum Gasteiger partial charge on any atom is -0.339 e. The van der Waals surface area contributed by atoms with Gasteiger partial charge in [0.05, 0.1) is 6.54 Å². The predicted molar refractivity (Wildman–Crippen MR) is 105 cm³/mol. The van der Waals surface area contributed by atoms with E-state index in [0.29, 0.717) is 12.4 Å². The van der Waals surface area contributed by atoms with E-state index < -0.39 is 0 Å². The predicted octanol–water partition coefficient (Wildman–Crippen LogP) is 1.55. The van der Waals surface area contributed by atoms with E-state index in [1.165, 1.54) is 0 Å². The second-order valence-corrected chi connectivity index (χ2v) is 6.56. The van der Waals surface area contributed by atoms with Crippen LogP contribution < -0.4 is 15.8 Å². The SMILES string of the molecule is O=c1ccccn1Cc1ccc(-c2ncnc(N3CCCNCC3)n2)cc1. The highest BCUT2D eigenvalue weighted by Crippen LogP contribution is 2.18. The Hall–Kier alpha value is -3.06. The minimum atomic E-state index is -0.00405. The molecule has 0 radical (unpaired) electrons. The first-order valence-corrected chi connectivity index (χ1v) is 9.19. The maximum Gasteiger partial charge on any atom is 0.250 e. The Balaban J connectivity index is 1.53. The highest BCUT2D eigenvalue weighted by Gasteiger charge is 2.13. The molecule has 1 N–H and O–H groups in total. The fourth-order valence-electron chi connectivity index (χ4n) is 3.17. The van der Waals surface area contributed by atoms with E-state index in [1.54, 1.807) is 29.2 Å². The molecule has 7 heteroatoms. The minimum absolute atomic E-state index is 0.00405. The van der Waals surface area contributed by atoms with Crippen LogP contribution >= 0.6 is 0 Å². The Labute approximate surface area is 157 Å². The molecule has 0 saturated carbocycles. The first-order valence-electron chi connectivity index (χ1n) is 9.19. The normalized spacial score (nSPS) is 14.7. The number of aromatic nitrogens is 4. The lowest BCUT2D eigenvalue weighted by Crippen LogP contribution is -2.29. The quantitative estimate of drug-likeness (QED) is 0.759. The second kappa shape index (κ2) is 8.09. The van der Waals surface area contributed by atoms with Gasteiger partial charge in [-0.3, -0.25) is 4.79 Å². The number of nitrogens with one attached hydrogen (secondary N) is 1. The van der Waals surface area contributed by atoms with Gasteiger partial charge in [0.15, 0.2) is 5.82 Å². The average molecular weight is 362 g/mol. The molecule has 1 aliphatic rings. The third-order valence-corrected chi connectivity index (χ3v) is 4.65. The monoisotopic (exact) mass is 362 g/mol. The Kier molecular flexibility index (Phi) is 5.20. The molecule has 1 fully saturated rings. The molecule has 3 heterocycles. The molecule has 1 saturated heterocycles. The van der Waals surface area contributed by atoms with Crippen molar-refractivity contribution >= 4 is 5.95 Å². The van der Waals surface area contributed by atoms with Gasteiger partial charge in [-0.2, -0.15) is 4.98 Å². The number of rotatable bonds is 4. The van der Waals surface area contributed by atoms with Crippen molar-refractivity contribution in [2.24, 2.45) is 0 Å². The first-order chi connectivity index (χ1) is 13.3. The van der Waals surface area contributed by atoms with Crippen molar-refractivity contribution in [3.05, 3.63) is 70.9 Å². The summed E-state index contributed by atoms with van der Waals surface area (Å²) in [6.07, 6.45) is 4.45. The van der Waals surface area contributed by atoms with Gasteiger partial charge in [-0.15, -0.1) is 0 Å². The van der Waals surface area contributed by atoms with Crippen LogP contribution in [-0.2, 0) is 6.54 Å². The van der Waals surface area contributed by atoms with Crippen LogP contribution in [0.25, 0.3) is 11.4 Å². The van der Waals surface area contributed by atoms with Gasteiger partial charge in [0.25, 0.3) is 5.56 Å². The van der Waals surface area contributed by atoms with E-state index >= 15 is 0 Å². The fraction of sp³-hybridized carbons (Fsp3) is 0.300. The van der Waals surface area contributed by atoms with Gasteiger partial charge >= 0.3 is 0 Å². The number of benzene rings is 1. The maximum atomic E-state index is 11.9. The molecule has 0 atom stereocenters. The number of hydrogen-bond donors (Lipinski definition) is 1. The molecular formula is C20H22N6O. The van der Waals surface area contributed by atoms with Gasteiger partial charge in [-0.1, -0.05) is 30.3 Å². The molecular weight excluding hydrogens is 340 g/mol. The number of pyridine rings is 1. The van der Waals surface area contributed by atoms with Crippen LogP contribution in [0.15, 0.2) is 59.8 Å². The van der Waals surface area contributed by atoms with Crippen molar-refractivity contribution in [3.8, 4) is 11.4 Å². The number of nitrogens with zero attached hydrogens (tertiary/aromatic N) is 5. The van der Waals surface area contributed by atoms with Gasteiger partial charge in [-0.25, -0.2) is 9.97 Å². The van der Waals surface area contributed by atoms with E-state index in [4.69, 9.17) is 0 Å². The van der Waals surface area contributed by atoms with Crippen LogP contribution in [0.1, 0.15) is 12.0 Å². The topological polar surface area (TPSA) is 75.9 Å². The molecule has 7 nitrogen and oxygen atoms in total. The van der Waals surface area contributed by atoms with E-state index in [2.05, 4.69) is 25.2 Å². The fourth-order valence-corrected chi connectivity index (χ4v) is 3.17. The standard InChI is InChI=1S/C20H22N6O/c27-18-4-1-2-11-26(18)14-16-5-7-17(8-6-16)19-22-15-23-20(24-19)25-12-3-9-21-10-13-25/h1-2,4-8,11,15,21H,3,9-10,12-14H2. The molecule has 1 aromatic carbocycles. The van der Waals surface area contributed by atoms with E-state index in [9.17, 15) is 4.79 Å². The van der Waals surface area contributed by atoms with Crippen LogP contribution in [0.4, 0.5) is 5.95 Å². The van der Waals surface area contributed by atoms with Gasteiger partial charge in [-0.05, 0) is 24.6 Å². The van der Waals surface area contributed by atoms with Crippen molar-refractivity contribution in [3.63, 3.8) is 0 Å². The molecule has 138 valence electrons. The van der Waals surface area contributed by atoms with Crippen LogP contribution in [0, 0.1) is 0 Å². The second-order valence-electron chi connectivity index (χ2n) is 6.56. The summed E-state index contributed by atoms with van der Waals surface area (Å²) in [4.78, 5) is 27.4. The lowest BCUT2D eigenvalue weighted by atomic mass is 10.1. The summed E-state index contributed by atoms with van der Waals surface area (Å²) in [5, 5.41) is 3.39. The average Bonchev–Trinajstić information content (AvgIpc) is 3.00. The Morgan fingerprint density at radius 3 is 2.74 bits per heavy atom. The van der Waals surface area contributed by atoms with Crippen LogP contribution in [0.3, 0.4) is 0 Å². The van der Waals surface area contributed by atoms with Crippen LogP contribution in [0.2, 0.25) is 0 Å².